The summed E-state index contributed by atoms with van der Waals surface area (Å²) in [5.74, 6) is -0.638. The Morgan fingerprint density at radius 2 is 1.96 bits per heavy atom. The van der Waals surface area contributed by atoms with E-state index < -0.39 is 6.10 Å². The maximum absolute atomic E-state index is 12.4. The summed E-state index contributed by atoms with van der Waals surface area (Å²) in [7, 11) is 0. The third-order valence-electron chi connectivity index (χ3n) is 4.83. The normalized spacial score (nSPS) is 18.9. The molecule has 1 fully saturated rings. The zero-order valence-corrected chi connectivity index (χ0v) is 15.9. The molecule has 3 aromatic rings. The van der Waals surface area contributed by atoms with Gasteiger partial charge in [0.2, 0.25) is 0 Å². The predicted molar refractivity (Wildman–Crippen MR) is 108 cm³/mol. The van der Waals surface area contributed by atoms with Crippen LogP contribution >= 0.6 is 11.6 Å². The summed E-state index contributed by atoms with van der Waals surface area (Å²) >= 11 is 5.83. The van der Waals surface area contributed by atoms with Crippen molar-refractivity contribution in [2.24, 2.45) is 4.99 Å². The molecule has 7 heteroatoms. The number of hydrogen-bond acceptors (Lipinski definition) is 4. The minimum atomic E-state index is -0.705. The van der Waals surface area contributed by atoms with Gasteiger partial charge in [-0.3, -0.25) is 14.9 Å². The van der Waals surface area contributed by atoms with Crippen LogP contribution in [0.1, 0.15) is 28.8 Å². The molecule has 0 aliphatic carbocycles. The molecule has 6 nitrogen and oxygen atoms in total. The first-order valence-electron chi connectivity index (χ1n) is 8.89. The molecule has 1 amide bonds. The monoisotopic (exact) mass is 395 g/mol. The van der Waals surface area contributed by atoms with E-state index in [2.05, 4.69) is 15.3 Å². The Balaban J connectivity index is 1.46. The van der Waals surface area contributed by atoms with Crippen LogP contribution in [0.15, 0.2) is 59.7 Å². The number of ketones is 1. The second-order valence-electron chi connectivity index (χ2n) is 6.66. The van der Waals surface area contributed by atoms with Gasteiger partial charge in [0.05, 0.1) is 0 Å². The summed E-state index contributed by atoms with van der Waals surface area (Å²) in [6.07, 6.45) is 1.19. The van der Waals surface area contributed by atoms with Crippen LogP contribution in [0.25, 0.3) is 10.9 Å². The molecule has 1 saturated heterocycles. The van der Waals surface area contributed by atoms with Crippen LogP contribution in [-0.4, -0.2) is 35.3 Å². The number of halogens is 1. The Morgan fingerprint density at radius 1 is 1.21 bits per heavy atom. The number of para-hydroxylation sites is 1. The maximum atomic E-state index is 12.4. The summed E-state index contributed by atoms with van der Waals surface area (Å²) < 4.78 is 5.72. The number of aliphatic imine (C=N–C) groups is 1. The van der Waals surface area contributed by atoms with Gasteiger partial charge in [0.25, 0.3) is 11.9 Å². The van der Waals surface area contributed by atoms with Crippen molar-refractivity contribution in [2.75, 3.05) is 6.54 Å². The second-order valence-corrected chi connectivity index (χ2v) is 7.09. The van der Waals surface area contributed by atoms with Gasteiger partial charge < -0.3 is 9.72 Å². The Hall–Kier alpha value is -3.12. The van der Waals surface area contributed by atoms with Crippen molar-refractivity contribution in [1.82, 2.24) is 10.3 Å². The first-order chi connectivity index (χ1) is 13.5. The molecule has 1 aliphatic rings. The molecule has 2 N–H and O–H groups in total. The molecule has 4 rings (SSSR count). The fourth-order valence-corrected chi connectivity index (χ4v) is 3.42. The van der Waals surface area contributed by atoms with E-state index >= 15 is 0 Å². The molecular formula is C21H18ClN3O3. The fraction of sp³-hybridized carbons (Fsp3) is 0.190. The lowest BCUT2D eigenvalue weighted by Crippen LogP contribution is -2.28. The molecule has 2 heterocycles. The number of carbonyl (C=O) groups excluding carboxylic acids is 2. The van der Waals surface area contributed by atoms with Gasteiger partial charge in [0, 0.05) is 33.6 Å². The SMILES string of the molecule is C[C@H](c1c[nH]c2ccccc12)[C@@H]1OC(=NCC(=O)c2ccc(Cl)cc2)NC1=O. The van der Waals surface area contributed by atoms with Gasteiger partial charge in [-0.25, -0.2) is 4.99 Å². The van der Waals surface area contributed by atoms with E-state index in [1.165, 1.54) is 0 Å². The number of carbonyl (C=O) groups is 2. The van der Waals surface area contributed by atoms with Crippen molar-refractivity contribution in [3.63, 3.8) is 0 Å². The molecule has 0 bridgehead atoms. The van der Waals surface area contributed by atoms with E-state index in [4.69, 9.17) is 16.3 Å². The number of hydrogen-bond donors (Lipinski definition) is 2. The quantitative estimate of drug-likeness (QED) is 0.646. The van der Waals surface area contributed by atoms with Crippen LogP contribution < -0.4 is 5.32 Å². The number of benzene rings is 2. The second kappa shape index (κ2) is 7.48. The molecule has 28 heavy (non-hydrogen) atoms. The maximum Gasteiger partial charge on any atom is 0.292 e. The number of H-pyrrole nitrogens is 1. The van der Waals surface area contributed by atoms with Gasteiger partial charge >= 0.3 is 0 Å². The largest absolute Gasteiger partial charge is 0.451 e. The number of nitrogens with zero attached hydrogens (tertiary/aromatic N) is 1. The number of amidine groups is 1. The van der Waals surface area contributed by atoms with Gasteiger partial charge in [0.1, 0.15) is 6.54 Å². The highest BCUT2D eigenvalue weighted by Crippen LogP contribution is 2.30. The summed E-state index contributed by atoms with van der Waals surface area (Å²) in [5, 5.41) is 4.23. The number of rotatable bonds is 5. The lowest BCUT2D eigenvalue weighted by Gasteiger charge is -2.15. The van der Waals surface area contributed by atoms with Crippen LogP contribution in [0.3, 0.4) is 0 Å². The van der Waals surface area contributed by atoms with E-state index in [1.54, 1.807) is 24.3 Å². The van der Waals surface area contributed by atoms with E-state index in [0.29, 0.717) is 10.6 Å². The molecule has 1 aliphatic heterocycles. The number of nitrogens with one attached hydrogen (secondary N) is 2. The Morgan fingerprint density at radius 3 is 2.75 bits per heavy atom. The first kappa shape index (κ1) is 18.3. The lowest BCUT2D eigenvalue weighted by molar-refractivity contribution is -0.124. The third kappa shape index (κ3) is 3.51. The summed E-state index contributed by atoms with van der Waals surface area (Å²) in [4.78, 5) is 31.9. The molecule has 142 valence electrons. The van der Waals surface area contributed by atoms with Crippen LogP contribution in [0.2, 0.25) is 5.02 Å². The van der Waals surface area contributed by atoms with Gasteiger partial charge in [-0.05, 0) is 35.9 Å². The molecular weight excluding hydrogens is 378 g/mol. The van der Waals surface area contributed by atoms with E-state index in [-0.39, 0.29) is 30.2 Å². The number of fused-ring (bicyclic) bond motifs is 1. The number of amides is 1. The minimum Gasteiger partial charge on any atom is -0.451 e. The Labute approximate surface area is 166 Å². The van der Waals surface area contributed by atoms with Crippen LogP contribution in [0.5, 0.6) is 0 Å². The Kier molecular flexibility index (Phi) is 4.88. The average molecular weight is 396 g/mol. The van der Waals surface area contributed by atoms with Crippen molar-refractivity contribution in [3.8, 4) is 0 Å². The number of aromatic amines is 1. The van der Waals surface area contributed by atoms with Crippen LogP contribution in [0, 0.1) is 0 Å². The number of Topliss-reactive ketones (excluding diaryl/α,β-unsaturated/α-hetero) is 1. The average Bonchev–Trinajstić information content (AvgIpc) is 3.29. The number of ether oxygens (including phenoxy) is 1. The van der Waals surface area contributed by atoms with E-state index in [0.717, 1.165) is 16.5 Å². The zero-order valence-electron chi connectivity index (χ0n) is 15.1. The molecule has 0 spiro atoms. The van der Waals surface area contributed by atoms with E-state index in [1.807, 2.05) is 37.4 Å². The van der Waals surface area contributed by atoms with Crippen molar-refractivity contribution < 1.29 is 14.3 Å². The van der Waals surface area contributed by atoms with Gasteiger partial charge in [0.15, 0.2) is 11.9 Å². The molecule has 2 atom stereocenters. The summed E-state index contributed by atoms with van der Waals surface area (Å²) in [5.41, 5.74) is 2.50. The molecule has 1 aromatic heterocycles. The predicted octanol–water partition coefficient (Wildman–Crippen LogP) is 3.68. The van der Waals surface area contributed by atoms with E-state index in [9.17, 15) is 9.59 Å². The van der Waals surface area contributed by atoms with Crippen LogP contribution in [-0.2, 0) is 9.53 Å². The van der Waals surface area contributed by atoms with Crippen LogP contribution in [0.4, 0.5) is 0 Å². The molecule has 0 radical (unpaired) electrons. The standard InChI is InChI=1S/C21H18ClN3O3/c1-12(16-10-23-17-5-3-2-4-15(16)17)19-20(27)25-21(28-19)24-11-18(26)13-6-8-14(22)9-7-13/h2-10,12,19,23H,11H2,1H3,(H,24,25,27)/t12-,19+/m1/s1. The summed E-state index contributed by atoms with van der Waals surface area (Å²) in [6, 6.07) is 14.5. The van der Waals surface area contributed by atoms with Crippen molar-refractivity contribution in [3.05, 3.63) is 70.9 Å². The summed E-state index contributed by atoms with van der Waals surface area (Å²) in [6.45, 7) is 1.81. The topological polar surface area (TPSA) is 83.5 Å². The van der Waals surface area contributed by atoms with Gasteiger partial charge in [-0.2, -0.15) is 0 Å². The number of aromatic nitrogens is 1. The molecule has 0 saturated carbocycles. The first-order valence-corrected chi connectivity index (χ1v) is 9.27. The highest BCUT2D eigenvalue weighted by atomic mass is 35.5. The highest BCUT2D eigenvalue weighted by molar-refractivity contribution is 6.30. The zero-order chi connectivity index (χ0) is 19.7. The van der Waals surface area contributed by atoms with Crippen molar-refractivity contribution >= 4 is 40.2 Å². The minimum absolute atomic E-state index is 0.0732. The lowest BCUT2D eigenvalue weighted by atomic mass is 9.94. The Bertz CT molecular complexity index is 1070. The highest BCUT2D eigenvalue weighted by Gasteiger charge is 2.37. The molecule has 2 aromatic carbocycles. The third-order valence-corrected chi connectivity index (χ3v) is 5.08. The van der Waals surface area contributed by atoms with Gasteiger partial charge in [-0.1, -0.05) is 36.7 Å². The fourth-order valence-electron chi connectivity index (χ4n) is 3.29. The van der Waals surface area contributed by atoms with Gasteiger partial charge in [-0.15, -0.1) is 0 Å². The van der Waals surface area contributed by atoms with Crippen molar-refractivity contribution in [2.45, 2.75) is 18.9 Å². The smallest absolute Gasteiger partial charge is 0.292 e. The molecule has 0 unspecified atom stereocenters. The van der Waals surface area contributed by atoms with Crippen molar-refractivity contribution in [1.29, 1.82) is 0 Å².